The molecule has 22 heavy (non-hydrogen) atoms. The molecule has 0 aliphatic carbocycles. The Bertz CT molecular complexity index is 474. The SMILES string of the molecule is CN1CCN(c2ccc(NC3CCC(C=O)CN3)cc2)CC1. The van der Waals surface area contributed by atoms with Crippen LogP contribution in [0.2, 0.25) is 0 Å². The van der Waals surface area contributed by atoms with Crippen LogP contribution in [0.25, 0.3) is 0 Å². The second-order valence-corrected chi connectivity index (χ2v) is 6.42. The van der Waals surface area contributed by atoms with Crippen LogP contribution in [0.15, 0.2) is 24.3 Å². The van der Waals surface area contributed by atoms with Gasteiger partial charge in [-0.05, 0) is 44.2 Å². The van der Waals surface area contributed by atoms with Gasteiger partial charge in [-0.1, -0.05) is 0 Å². The highest BCUT2D eigenvalue weighted by Gasteiger charge is 2.19. The number of hydrogen-bond acceptors (Lipinski definition) is 5. The van der Waals surface area contributed by atoms with E-state index in [9.17, 15) is 4.79 Å². The van der Waals surface area contributed by atoms with Gasteiger partial charge in [0.2, 0.25) is 0 Å². The minimum Gasteiger partial charge on any atom is -0.370 e. The van der Waals surface area contributed by atoms with E-state index in [1.54, 1.807) is 0 Å². The maximum Gasteiger partial charge on any atom is 0.124 e. The van der Waals surface area contributed by atoms with E-state index >= 15 is 0 Å². The Labute approximate surface area is 132 Å². The summed E-state index contributed by atoms with van der Waals surface area (Å²) in [5, 5.41) is 6.90. The maximum absolute atomic E-state index is 10.8. The fourth-order valence-electron chi connectivity index (χ4n) is 3.15. The van der Waals surface area contributed by atoms with Crippen LogP contribution in [0.5, 0.6) is 0 Å². The molecule has 0 amide bonds. The third kappa shape index (κ3) is 3.78. The number of benzene rings is 1. The lowest BCUT2D eigenvalue weighted by Gasteiger charge is -2.34. The molecule has 3 rings (SSSR count). The quantitative estimate of drug-likeness (QED) is 0.823. The number of piperazine rings is 1. The summed E-state index contributed by atoms with van der Waals surface area (Å²) in [6, 6.07) is 8.71. The summed E-state index contributed by atoms with van der Waals surface area (Å²) in [4.78, 5) is 15.6. The lowest BCUT2D eigenvalue weighted by molar-refractivity contribution is -0.111. The molecule has 5 nitrogen and oxygen atoms in total. The molecule has 0 spiro atoms. The predicted molar refractivity (Wildman–Crippen MR) is 90.4 cm³/mol. The fraction of sp³-hybridized carbons (Fsp3) is 0.588. The molecule has 2 unspecified atom stereocenters. The van der Waals surface area contributed by atoms with Gasteiger partial charge in [0.15, 0.2) is 0 Å². The molecule has 0 saturated carbocycles. The van der Waals surface area contributed by atoms with Crippen LogP contribution in [0.3, 0.4) is 0 Å². The van der Waals surface area contributed by atoms with E-state index in [2.05, 4.69) is 51.7 Å². The highest BCUT2D eigenvalue weighted by molar-refractivity contribution is 5.56. The van der Waals surface area contributed by atoms with Crippen LogP contribution in [0, 0.1) is 5.92 Å². The number of carbonyl (C=O) groups is 1. The van der Waals surface area contributed by atoms with Crippen molar-refractivity contribution in [1.82, 2.24) is 10.2 Å². The topological polar surface area (TPSA) is 47.6 Å². The first-order valence-corrected chi connectivity index (χ1v) is 8.23. The average Bonchev–Trinajstić information content (AvgIpc) is 2.57. The zero-order valence-electron chi connectivity index (χ0n) is 13.3. The van der Waals surface area contributed by atoms with E-state index in [1.165, 1.54) is 5.69 Å². The van der Waals surface area contributed by atoms with Crippen LogP contribution in [-0.4, -0.2) is 57.1 Å². The molecule has 5 heteroatoms. The summed E-state index contributed by atoms with van der Waals surface area (Å²) in [6.07, 6.45) is 3.29. The Balaban J connectivity index is 1.52. The summed E-state index contributed by atoms with van der Waals surface area (Å²) < 4.78 is 0. The van der Waals surface area contributed by atoms with Crippen molar-refractivity contribution in [2.75, 3.05) is 50.0 Å². The van der Waals surface area contributed by atoms with Crippen molar-refractivity contribution >= 4 is 17.7 Å². The van der Waals surface area contributed by atoms with Crippen molar-refractivity contribution in [3.8, 4) is 0 Å². The smallest absolute Gasteiger partial charge is 0.124 e. The van der Waals surface area contributed by atoms with E-state index in [1.807, 2.05) is 0 Å². The van der Waals surface area contributed by atoms with E-state index in [0.717, 1.165) is 57.5 Å². The largest absolute Gasteiger partial charge is 0.370 e. The normalized spacial score (nSPS) is 26.7. The van der Waals surface area contributed by atoms with E-state index in [0.29, 0.717) is 0 Å². The molecule has 1 aromatic carbocycles. The maximum atomic E-state index is 10.8. The molecule has 2 atom stereocenters. The lowest BCUT2D eigenvalue weighted by atomic mass is 9.99. The van der Waals surface area contributed by atoms with Crippen LogP contribution in [0.4, 0.5) is 11.4 Å². The second kappa shape index (κ2) is 7.11. The highest BCUT2D eigenvalue weighted by Crippen LogP contribution is 2.21. The van der Waals surface area contributed by atoms with Gasteiger partial charge in [-0.3, -0.25) is 5.32 Å². The third-order valence-corrected chi connectivity index (χ3v) is 4.72. The molecule has 120 valence electrons. The number of hydrogen-bond donors (Lipinski definition) is 2. The molecule has 2 heterocycles. The summed E-state index contributed by atoms with van der Waals surface area (Å²) in [5.41, 5.74) is 2.44. The number of anilines is 2. The highest BCUT2D eigenvalue weighted by atomic mass is 16.1. The molecule has 1 aromatic rings. The van der Waals surface area contributed by atoms with Crippen LogP contribution >= 0.6 is 0 Å². The Morgan fingerprint density at radius 2 is 1.86 bits per heavy atom. The number of nitrogens with one attached hydrogen (secondary N) is 2. The number of nitrogens with zero attached hydrogens (tertiary/aromatic N) is 2. The average molecular weight is 302 g/mol. The molecule has 0 radical (unpaired) electrons. The molecule has 2 fully saturated rings. The Hall–Kier alpha value is -1.59. The molecule has 2 N–H and O–H groups in total. The Kier molecular flexibility index (Phi) is 4.95. The fourth-order valence-corrected chi connectivity index (χ4v) is 3.15. The Morgan fingerprint density at radius 1 is 1.14 bits per heavy atom. The molecular formula is C17H26N4O. The summed E-state index contributed by atoms with van der Waals surface area (Å²) >= 11 is 0. The Morgan fingerprint density at radius 3 is 2.45 bits per heavy atom. The first-order valence-electron chi connectivity index (χ1n) is 8.23. The van der Waals surface area contributed by atoms with Gasteiger partial charge >= 0.3 is 0 Å². The van der Waals surface area contributed by atoms with E-state index in [-0.39, 0.29) is 12.1 Å². The van der Waals surface area contributed by atoms with Crippen molar-refractivity contribution in [3.63, 3.8) is 0 Å². The summed E-state index contributed by atoms with van der Waals surface area (Å²) in [7, 11) is 2.18. The third-order valence-electron chi connectivity index (χ3n) is 4.72. The molecule has 0 bridgehead atoms. The zero-order chi connectivity index (χ0) is 15.4. The minimum absolute atomic E-state index is 0.178. The van der Waals surface area contributed by atoms with E-state index in [4.69, 9.17) is 0 Å². The van der Waals surface area contributed by atoms with Gasteiger partial charge in [-0.15, -0.1) is 0 Å². The second-order valence-electron chi connectivity index (χ2n) is 6.42. The van der Waals surface area contributed by atoms with Crippen molar-refractivity contribution in [2.45, 2.75) is 19.0 Å². The number of carbonyl (C=O) groups excluding carboxylic acids is 1. The molecule has 2 aliphatic rings. The van der Waals surface area contributed by atoms with Gasteiger partial charge in [-0.25, -0.2) is 0 Å². The van der Waals surface area contributed by atoms with Crippen LogP contribution < -0.4 is 15.5 Å². The van der Waals surface area contributed by atoms with Gasteiger partial charge < -0.3 is 19.9 Å². The number of piperidine rings is 1. The van der Waals surface area contributed by atoms with Gasteiger partial charge in [0.1, 0.15) is 6.29 Å². The molecular weight excluding hydrogens is 276 g/mol. The van der Waals surface area contributed by atoms with Gasteiger partial charge in [0, 0.05) is 50.0 Å². The van der Waals surface area contributed by atoms with Gasteiger partial charge in [-0.2, -0.15) is 0 Å². The lowest BCUT2D eigenvalue weighted by Crippen LogP contribution is -2.44. The minimum atomic E-state index is 0.178. The number of aldehydes is 1. The first-order chi connectivity index (χ1) is 10.7. The van der Waals surface area contributed by atoms with Crippen molar-refractivity contribution in [1.29, 1.82) is 0 Å². The molecule has 2 saturated heterocycles. The first kappa shape index (κ1) is 15.3. The predicted octanol–water partition coefficient (Wildman–Crippen LogP) is 1.37. The monoisotopic (exact) mass is 302 g/mol. The van der Waals surface area contributed by atoms with E-state index < -0.39 is 0 Å². The standard InChI is InChI=1S/C17H26N4O/c1-20-8-10-21(11-9-20)16-5-3-15(4-6-16)19-17-7-2-14(13-22)12-18-17/h3-6,13-14,17-19H,2,7-12H2,1H3. The summed E-state index contributed by atoms with van der Waals surface area (Å²) in [5.74, 6) is 0.178. The van der Waals surface area contributed by atoms with Crippen LogP contribution in [0.1, 0.15) is 12.8 Å². The van der Waals surface area contributed by atoms with Gasteiger partial charge in [0.25, 0.3) is 0 Å². The summed E-state index contributed by atoms with van der Waals surface area (Å²) in [6.45, 7) is 5.23. The van der Waals surface area contributed by atoms with Crippen molar-refractivity contribution < 1.29 is 4.79 Å². The van der Waals surface area contributed by atoms with Crippen molar-refractivity contribution in [2.24, 2.45) is 5.92 Å². The number of likely N-dealkylation sites (N-methyl/N-ethyl adjacent to an activating group) is 1. The van der Waals surface area contributed by atoms with Crippen LogP contribution in [-0.2, 0) is 4.79 Å². The number of rotatable bonds is 4. The molecule has 2 aliphatic heterocycles. The molecule has 0 aromatic heterocycles. The van der Waals surface area contributed by atoms with Crippen molar-refractivity contribution in [3.05, 3.63) is 24.3 Å². The van der Waals surface area contributed by atoms with Gasteiger partial charge in [0.05, 0.1) is 6.17 Å². The zero-order valence-corrected chi connectivity index (χ0v) is 13.3.